The standard InChI is InChI=1S/C15H15N3O5/c1-22-13-11(19)7-10(15(20)21)12(14(13)23-2)18-17-9-5-3-8(16)4-6-9/h3-7,19H,16H2,1-2H3,(H,20,21). The fourth-order valence-corrected chi connectivity index (χ4v) is 1.91. The van der Waals surface area contributed by atoms with Gasteiger partial charge < -0.3 is 25.4 Å². The Kier molecular flexibility index (Phi) is 4.65. The van der Waals surface area contributed by atoms with E-state index in [1.807, 2.05) is 0 Å². The number of phenols is 1. The van der Waals surface area contributed by atoms with Crippen molar-refractivity contribution in [2.45, 2.75) is 0 Å². The number of aromatic carboxylic acids is 1. The van der Waals surface area contributed by atoms with E-state index < -0.39 is 5.97 Å². The minimum Gasteiger partial charge on any atom is -0.504 e. The first-order valence-corrected chi connectivity index (χ1v) is 6.46. The zero-order valence-corrected chi connectivity index (χ0v) is 12.5. The second kappa shape index (κ2) is 6.65. The van der Waals surface area contributed by atoms with Crippen molar-refractivity contribution in [3.8, 4) is 17.2 Å². The second-order valence-corrected chi connectivity index (χ2v) is 4.46. The molecular weight excluding hydrogens is 302 g/mol. The molecule has 120 valence electrons. The molecule has 8 heteroatoms. The number of methoxy groups -OCH3 is 2. The number of hydrogen-bond acceptors (Lipinski definition) is 7. The number of rotatable bonds is 5. The summed E-state index contributed by atoms with van der Waals surface area (Å²) >= 11 is 0. The topological polar surface area (TPSA) is 127 Å². The number of carboxylic acids is 1. The Labute approximate surface area is 131 Å². The maximum Gasteiger partial charge on any atom is 0.338 e. The number of nitrogens with two attached hydrogens (primary N) is 1. The molecule has 0 saturated heterocycles. The molecule has 0 aromatic heterocycles. The molecule has 4 N–H and O–H groups in total. The quantitative estimate of drug-likeness (QED) is 0.574. The van der Waals surface area contributed by atoms with E-state index in [4.69, 9.17) is 15.2 Å². The van der Waals surface area contributed by atoms with E-state index in [1.165, 1.54) is 14.2 Å². The number of carboxylic acid groups (broad SMARTS) is 1. The number of nitrogens with zero attached hydrogens (tertiary/aromatic N) is 2. The van der Waals surface area contributed by atoms with Gasteiger partial charge in [-0.05, 0) is 24.3 Å². The third-order valence-corrected chi connectivity index (χ3v) is 2.99. The van der Waals surface area contributed by atoms with Gasteiger partial charge in [-0.15, -0.1) is 5.11 Å². The van der Waals surface area contributed by atoms with Gasteiger partial charge in [-0.1, -0.05) is 0 Å². The Morgan fingerprint density at radius 1 is 1.09 bits per heavy atom. The van der Waals surface area contributed by atoms with E-state index in [-0.39, 0.29) is 28.5 Å². The van der Waals surface area contributed by atoms with E-state index >= 15 is 0 Å². The van der Waals surface area contributed by atoms with Gasteiger partial charge in [0.1, 0.15) is 5.69 Å². The monoisotopic (exact) mass is 317 g/mol. The number of carbonyl (C=O) groups is 1. The molecule has 8 nitrogen and oxygen atoms in total. The van der Waals surface area contributed by atoms with Crippen molar-refractivity contribution in [2.24, 2.45) is 10.2 Å². The van der Waals surface area contributed by atoms with Crippen LogP contribution in [0.4, 0.5) is 17.1 Å². The number of aromatic hydroxyl groups is 1. The van der Waals surface area contributed by atoms with Gasteiger partial charge in [0.15, 0.2) is 11.5 Å². The summed E-state index contributed by atoms with van der Waals surface area (Å²) in [5.74, 6) is -1.70. The summed E-state index contributed by atoms with van der Waals surface area (Å²) in [6.07, 6.45) is 0. The molecule has 0 saturated carbocycles. The molecule has 0 aliphatic carbocycles. The van der Waals surface area contributed by atoms with Crippen LogP contribution in [0.3, 0.4) is 0 Å². The number of hydrogen-bond donors (Lipinski definition) is 3. The van der Waals surface area contributed by atoms with Crippen molar-refractivity contribution < 1.29 is 24.5 Å². The van der Waals surface area contributed by atoms with Crippen molar-refractivity contribution in [1.82, 2.24) is 0 Å². The maximum atomic E-state index is 11.4. The lowest BCUT2D eigenvalue weighted by atomic mass is 10.1. The molecule has 0 aliphatic heterocycles. The molecule has 0 radical (unpaired) electrons. The second-order valence-electron chi connectivity index (χ2n) is 4.46. The smallest absolute Gasteiger partial charge is 0.338 e. The molecule has 2 rings (SSSR count). The molecule has 23 heavy (non-hydrogen) atoms. The predicted octanol–water partition coefficient (Wildman–Crippen LogP) is 3.11. The highest BCUT2D eigenvalue weighted by molar-refractivity contribution is 5.96. The molecule has 0 spiro atoms. The Balaban J connectivity index is 2.58. The van der Waals surface area contributed by atoms with Crippen molar-refractivity contribution >= 4 is 23.0 Å². The highest BCUT2D eigenvalue weighted by Gasteiger charge is 2.23. The molecule has 0 atom stereocenters. The summed E-state index contributed by atoms with van der Waals surface area (Å²) in [5, 5.41) is 27.0. The Hall–Kier alpha value is -3.29. The third-order valence-electron chi connectivity index (χ3n) is 2.99. The number of benzene rings is 2. The fourth-order valence-electron chi connectivity index (χ4n) is 1.91. The summed E-state index contributed by atoms with van der Waals surface area (Å²) in [6, 6.07) is 7.57. The average Bonchev–Trinajstić information content (AvgIpc) is 2.53. The van der Waals surface area contributed by atoms with Gasteiger partial charge in [0, 0.05) is 11.8 Å². The van der Waals surface area contributed by atoms with E-state index in [0.29, 0.717) is 11.4 Å². The highest BCUT2D eigenvalue weighted by atomic mass is 16.5. The first-order chi connectivity index (χ1) is 11.0. The van der Waals surface area contributed by atoms with Crippen LogP contribution in [0.15, 0.2) is 40.6 Å². The van der Waals surface area contributed by atoms with Crippen LogP contribution in [0.1, 0.15) is 10.4 Å². The SMILES string of the molecule is COc1c(O)cc(C(=O)O)c(N=Nc2ccc(N)cc2)c1OC. The van der Waals surface area contributed by atoms with Crippen LogP contribution in [0.25, 0.3) is 0 Å². The van der Waals surface area contributed by atoms with Crippen LogP contribution in [-0.2, 0) is 0 Å². The zero-order valence-electron chi connectivity index (χ0n) is 12.5. The first-order valence-electron chi connectivity index (χ1n) is 6.46. The van der Waals surface area contributed by atoms with Gasteiger partial charge >= 0.3 is 5.97 Å². The van der Waals surface area contributed by atoms with Crippen molar-refractivity contribution in [3.63, 3.8) is 0 Å². The normalized spacial score (nSPS) is 10.7. The highest BCUT2D eigenvalue weighted by Crippen LogP contribution is 2.46. The van der Waals surface area contributed by atoms with Crippen LogP contribution in [-0.4, -0.2) is 30.4 Å². The number of phenolic OH excluding ortho intramolecular Hbond substituents is 1. The van der Waals surface area contributed by atoms with Crippen LogP contribution in [0, 0.1) is 0 Å². The number of ether oxygens (including phenoxy) is 2. The summed E-state index contributed by atoms with van der Waals surface area (Å²) in [4.78, 5) is 11.4. The minimum absolute atomic E-state index is 0.0240. The number of azo groups is 1. The Morgan fingerprint density at radius 3 is 2.22 bits per heavy atom. The van der Waals surface area contributed by atoms with Gasteiger partial charge in [-0.25, -0.2) is 4.79 Å². The van der Waals surface area contributed by atoms with Crippen molar-refractivity contribution in [1.29, 1.82) is 0 Å². The molecule has 2 aromatic carbocycles. The lowest BCUT2D eigenvalue weighted by molar-refractivity contribution is 0.0697. The maximum absolute atomic E-state index is 11.4. The van der Waals surface area contributed by atoms with Crippen LogP contribution >= 0.6 is 0 Å². The van der Waals surface area contributed by atoms with Crippen molar-refractivity contribution in [3.05, 3.63) is 35.9 Å². The molecule has 0 heterocycles. The molecular formula is C15H15N3O5. The van der Waals surface area contributed by atoms with Gasteiger partial charge in [-0.3, -0.25) is 0 Å². The summed E-state index contributed by atoms with van der Waals surface area (Å²) in [7, 11) is 2.63. The molecule has 0 unspecified atom stereocenters. The first kappa shape index (κ1) is 16.1. The number of nitrogen functional groups attached to an aromatic ring is 1. The summed E-state index contributed by atoms with van der Waals surface area (Å²) < 4.78 is 10.1. The van der Waals surface area contributed by atoms with Gasteiger partial charge in [-0.2, -0.15) is 5.11 Å². The Bertz CT molecular complexity index is 757. The predicted molar refractivity (Wildman–Crippen MR) is 83.2 cm³/mol. The summed E-state index contributed by atoms with van der Waals surface area (Å²) in [5.41, 5.74) is 6.30. The van der Waals surface area contributed by atoms with Crippen molar-refractivity contribution in [2.75, 3.05) is 20.0 Å². The third kappa shape index (κ3) is 3.31. The van der Waals surface area contributed by atoms with Gasteiger partial charge in [0.05, 0.1) is 25.5 Å². The lowest BCUT2D eigenvalue weighted by Gasteiger charge is -2.13. The Morgan fingerprint density at radius 2 is 1.70 bits per heavy atom. The van der Waals surface area contributed by atoms with Crippen LogP contribution < -0.4 is 15.2 Å². The van der Waals surface area contributed by atoms with Crippen LogP contribution in [0.5, 0.6) is 17.2 Å². The van der Waals surface area contributed by atoms with Gasteiger partial charge in [0.25, 0.3) is 0 Å². The summed E-state index contributed by atoms with van der Waals surface area (Å²) in [6.45, 7) is 0. The molecule has 2 aromatic rings. The van der Waals surface area contributed by atoms with E-state index in [2.05, 4.69) is 10.2 Å². The van der Waals surface area contributed by atoms with E-state index in [9.17, 15) is 15.0 Å². The minimum atomic E-state index is -1.28. The number of anilines is 1. The lowest BCUT2D eigenvalue weighted by Crippen LogP contribution is -2.00. The fraction of sp³-hybridized carbons (Fsp3) is 0.133. The largest absolute Gasteiger partial charge is 0.504 e. The van der Waals surface area contributed by atoms with E-state index in [0.717, 1.165) is 6.07 Å². The molecule has 0 fully saturated rings. The van der Waals surface area contributed by atoms with E-state index in [1.54, 1.807) is 24.3 Å². The molecule has 0 aliphatic rings. The molecule has 0 amide bonds. The van der Waals surface area contributed by atoms with Crippen LogP contribution in [0.2, 0.25) is 0 Å². The molecule has 0 bridgehead atoms. The van der Waals surface area contributed by atoms with Gasteiger partial charge in [0.2, 0.25) is 5.75 Å². The zero-order chi connectivity index (χ0) is 17.0. The average molecular weight is 317 g/mol.